The summed E-state index contributed by atoms with van der Waals surface area (Å²) in [7, 11) is 0.805. The van der Waals surface area contributed by atoms with Gasteiger partial charge in [-0.05, 0) is 30.7 Å². The fraction of sp³-hybridized carbons (Fsp3) is 0.235. The molecule has 138 valence electrons. The number of hydrogen-bond donors (Lipinski definition) is 2. The number of anilines is 1. The normalized spacial score (nSPS) is 13.4. The minimum absolute atomic E-state index is 0.0416. The minimum atomic E-state index is -5.19. The lowest BCUT2D eigenvalue weighted by Gasteiger charge is -2.30. The number of alkyl halides is 3. The molecule has 0 saturated carbocycles. The number of pyridine rings is 1. The molecule has 0 radical (unpaired) electrons. The van der Waals surface area contributed by atoms with Gasteiger partial charge in [-0.15, -0.1) is 0 Å². The fourth-order valence-electron chi connectivity index (χ4n) is 2.23. The second-order valence-corrected chi connectivity index (χ2v) is 5.46. The van der Waals surface area contributed by atoms with E-state index < -0.39 is 23.7 Å². The van der Waals surface area contributed by atoms with Crippen LogP contribution in [-0.2, 0) is 9.53 Å². The Kier molecular flexibility index (Phi) is 5.49. The van der Waals surface area contributed by atoms with Gasteiger partial charge in [0.1, 0.15) is 0 Å². The molecule has 1 aromatic carbocycles. The Morgan fingerprint density at radius 3 is 2.31 bits per heavy atom. The van der Waals surface area contributed by atoms with Crippen LogP contribution in [0.25, 0.3) is 0 Å². The van der Waals surface area contributed by atoms with Crippen LogP contribution in [0.5, 0.6) is 0 Å². The van der Waals surface area contributed by atoms with Gasteiger partial charge in [-0.25, -0.2) is 15.1 Å². The molecule has 9 heteroatoms. The van der Waals surface area contributed by atoms with Crippen molar-refractivity contribution in [3.8, 4) is 0 Å². The number of rotatable bonds is 5. The van der Waals surface area contributed by atoms with Crippen molar-refractivity contribution >= 4 is 17.7 Å². The van der Waals surface area contributed by atoms with Crippen molar-refractivity contribution in [3.05, 3.63) is 59.8 Å². The zero-order chi connectivity index (χ0) is 19.4. The van der Waals surface area contributed by atoms with E-state index in [-0.39, 0.29) is 11.4 Å². The van der Waals surface area contributed by atoms with Crippen molar-refractivity contribution in [2.75, 3.05) is 12.4 Å². The number of halogens is 3. The lowest BCUT2D eigenvalue weighted by atomic mass is 10.1. The smallest absolute Gasteiger partial charge is 0.464 e. The number of carbonyl (C=O) groups is 2. The first-order valence-corrected chi connectivity index (χ1v) is 7.49. The van der Waals surface area contributed by atoms with Crippen molar-refractivity contribution in [1.82, 2.24) is 5.32 Å². The first kappa shape index (κ1) is 19.2. The van der Waals surface area contributed by atoms with Gasteiger partial charge in [-0.3, -0.25) is 10.1 Å². The summed E-state index contributed by atoms with van der Waals surface area (Å²) in [6.07, 6.45) is -3.79. The van der Waals surface area contributed by atoms with Gasteiger partial charge in [-0.1, -0.05) is 18.2 Å². The second-order valence-electron chi connectivity index (χ2n) is 5.46. The SMILES string of the molecule is COC(=O)[C@](NC(=O)c1ccccc1)(Nc1cc(C)cc[nH+]1)C(F)(F)F. The van der Waals surface area contributed by atoms with Crippen LogP contribution in [0.4, 0.5) is 19.0 Å². The van der Waals surface area contributed by atoms with E-state index in [1.54, 1.807) is 24.4 Å². The van der Waals surface area contributed by atoms with Crippen molar-refractivity contribution in [2.24, 2.45) is 0 Å². The summed E-state index contributed by atoms with van der Waals surface area (Å²) in [4.78, 5) is 27.0. The molecular formula is C17H17F3N3O3+. The Morgan fingerprint density at radius 2 is 1.77 bits per heavy atom. The Balaban J connectivity index is 2.49. The zero-order valence-electron chi connectivity index (χ0n) is 14.0. The summed E-state index contributed by atoms with van der Waals surface area (Å²) in [6, 6.07) is 10.2. The third kappa shape index (κ3) is 3.93. The monoisotopic (exact) mass is 368 g/mol. The van der Waals surface area contributed by atoms with Crippen molar-refractivity contribution in [2.45, 2.75) is 18.8 Å². The van der Waals surface area contributed by atoms with Gasteiger partial charge in [0.15, 0.2) is 0 Å². The Hall–Kier alpha value is -3.10. The van der Waals surface area contributed by atoms with Gasteiger partial charge in [0.2, 0.25) is 0 Å². The summed E-state index contributed by atoms with van der Waals surface area (Å²) in [5, 5.41) is 3.77. The van der Waals surface area contributed by atoms with Crippen LogP contribution in [0.15, 0.2) is 48.7 Å². The number of methoxy groups -OCH3 is 1. The number of hydrogen-bond acceptors (Lipinski definition) is 4. The number of carbonyl (C=O) groups excluding carboxylic acids is 2. The molecular weight excluding hydrogens is 351 g/mol. The Labute approximate surface area is 147 Å². The molecule has 0 aliphatic heterocycles. The number of nitrogens with one attached hydrogen (secondary N) is 3. The summed E-state index contributed by atoms with van der Waals surface area (Å²) in [5.74, 6) is -2.92. The molecule has 1 amide bonds. The number of ether oxygens (including phenoxy) is 1. The van der Waals surface area contributed by atoms with Crippen LogP contribution in [0.1, 0.15) is 15.9 Å². The highest BCUT2D eigenvalue weighted by Crippen LogP contribution is 2.32. The molecule has 0 bridgehead atoms. The maximum Gasteiger partial charge on any atom is 0.464 e. The Morgan fingerprint density at radius 1 is 1.12 bits per heavy atom. The van der Waals surface area contributed by atoms with E-state index >= 15 is 0 Å². The molecule has 0 unspecified atom stereocenters. The van der Waals surface area contributed by atoms with E-state index in [4.69, 9.17) is 0 Å². The molecule has 0 fully saturated rings. The first-order valence-electron chi connectivity index (χ1n) is 7.49. The summed E-state index contributed by atoms with van der Waals surface area (Å²) in [6.45, 7) is 1.66. The molecule has 0 saturated heterocycles. The highest BCUT2D eigenvalue weighted by molar-refractivity contribution is 5.99. The van der Waals surface area contributed by atoms with Crippen LogP contribution in [0, 0.1) is 6.92 Å². The van der Waals surface area contributed by atoms with E-state index in [2.05, 4.69) is 9.72 Å². The number of esters is 1. The summed E-state index contributed by atoms with van der Waals surface area (Å²) < 4.78 is 46.0. The van der Waals surface area contributed by atoms with E-state index in [0.29, 0.717) is 5.56 Å². The molecule has 0 aliphatic rings. The summed E-state index contributed by atoms with van der Waals surface area (Å²) in [5.41, 5.74) is -2.87. The molecule has 0 spiro atoms. The number of H-pyrrole nitrogens is 1. The number of benzene rings is 1. The molecule has 1 heterocycles. The van der Waals surface area contributed by atoms with Crippen molar-refractivity contribution in [3.63, 3.8) is 0 Å². The number of amides is 1. The molecule has 1 atom stereocenters. The van der Waals surface area contributed by atoms with Gasteiger partial charge >= 0.3 is 17.8 Å². The van der Waals surface area contributed by atoms with Gasteiger partial charge in [0.05, 0.1) is 13.3 Å². The third-order valence-electron chi connectivity index (χ3n) is 3.53. The van der Waals surface area contributed by atoms with Crippen LogP contribution in [-0.4, -0.2) is 30.8 Å². The van der Waals surface area contributed by atoms with Crippen LogP contribution < -0.4 is 15.6 Å². The molecule has 2 aromatic rings. The zero-order valence-corrected chi connectivity index (χ0v) is 14.0. The van der Waals surface area contributed by atoms with E-state index in [1.807, 2.05) is 5.32 Å². The maximum absolute atomic E-state index is 13.9. The lowest BCUT2D eigenvalue weighted by Crippen LogP contribution is -2.69. The number of aromatic nitrogens is 1. The lowest BCUT2D eigenvalue weighted by molar-refractivity contribution is -0.363. The number of aryl methyl sites for hydroxylation is 1. The van der Waals surface area contributed by atoms with Crippen LogP contribution in [0.2, 0.25) is 0 Å². The molecule has 26 heavy (non-hydrogen) atoms. The van der Waals surface area contributed by atoms with Crippen molar-refractivity contribution in [1.29, 1.82) is 0 Å². The average Bonchev–Trinajstić information content (AvgIpc) is 2.60. The molecule has 6 nitrogen and oxygen atoms in total. The van der Waals surface area contributed by atoms with Gasteiger partial charge in [0.25, 0.3) is 11.7 Å². The second kappa shape index (κ2) is 7.42. The maximum atomic E-state index is 13.9. The molecule has 1 aromatic heterocycles. The molecule has 2 rings (SSSR count). The predicted octanol–water partition coefficient (Wildman–Crippen LogP) is 2.08. The van der Waals surface area contributed by atoms with E-state index in [9.17, 15) is 22.8 Å². The fourth-order valence-corrected chi connectivity index (χ4v) is 2.23. The van der Waals surface area contributed by atoms with E-state index in [0.717, 1.165) is 7.11 Å². The Bertz CT molecular complexity index is 797. The number of aromatic amines is 1. The van der Waals surface area contributed by atoms with E-state index in [1.165, 1.54) is 36.5 Å². The highest BCUT2D eigenvalue weighted by atomic mass is 19.4. The van der Waals surface area contributed by atoms with Gasteiger partial charge in [-0.2, -0.15) is 13.2 Å². The van der Waals surface area contributed by atoms with Gasteiger partial charge in [0, 0.05) is 11.6 Å². The molecule has 0 aliphatic carbocycles. The minimum Gasteiger partial charge on any atom is -0.464 e. The highest BCUT2D eigenvalue weighted by Gasteiger charge is 2.67. The van der Waals surface area contributed by atoms with Crippen LogP contribution >= 0.6 is 0 Å². The quantitative estimate of drug-likeness (QED) is 0.625. The molecule has 3 N–H and O–H groups in total. The third-order valence-corrected chi connectivity index (χ3v) is 3.53. The first-order chi connectivity index (χ1) is 12.2. The predicted molar refractivity (Wildman–Crippen MR) is 86.1 cm³/mol. The average molecular weight is 368 g/mol. The topological polar surface area (TPSA) is 81.6 Å². The van der Waals surface area contributed by atoms with Crippen molar-refractivity contribution < 1.29 is 32.5 Å². The van der Waals surface area contributed by atoms with Gasteiger partial charge < -0.3 is 4.74 Å². The standard InChI is InChI=1S/C17H16F3N3O3/c1-11-8-9-21-13(10-11)22-16(15(25)26-2,17(18,19)20)23-14(24)12-6-4-3-5-7-12/h3-10H,1-2H3,(H,21,22)(H,23,24)/p+1/t16-/m1/s1. The largest absolute Gasteiger partial charge is 0.464 e. The summed E-state index contributed by atoms with van der Waals surface area (Å²) >= 11 is 0. The van der Waals surface area contributed by atoms with Crippen LogP contribution in [0.3, 0.4) is 0 Å².